The quantitative estimate of drug-likeness (QED) is 0.686. The standard InChI is InChI=1S/C19H20N6/c20-9-13-10-23-19(24-14-5-3-4-8-21-11-14)25-18(13)16-12-22-17-7-2-1-6-15(16)17/h1-2,6-7,10,12,14,21-22H,3-5,8,11H2,(H,23,24,25)/t14-/m0/s1. The molecular weight excluding hydrogens is 312 g/mol. The molecule has 3 N–H and O–H groups in total. The van der Waals surface area contributed by atoms with Gasteiger partial charge in [0.2, 0.25) is 5.95 Å². The number of nitrogens with zero attached hydrogens (tertiary/aromatic N) is 3. The largest absolute Gasteiger partial charge is 0.360 e. The molecule has 0 spiro atoms. The average molecular weight is 332 g/mol. The second kappa shape index (κ2) is 6.91. The fourth-order valence-electron chi connectivity index (χ4n) is 3.33. The Bertz CT molecular complexity index is 915. The zero-order valence-electron chi connectivity index (χ0n) is 13.9. The summed E-state index contributed by atoms with van der Waals surface area (Å²) >= 11 is 0. The molecule has 4 rings (SSSR count). The van der Waals surface area contributed by atoms with Crippen molar-refractivity contribution in [1.29, 1.82) is 5.26 Å². The Kier molecular flexibility index (Phi) is 4.32. The number of hydrogen-bond acceptors (Lipinski definition) is 5. The molecule has 1 aromatic carbocycles. The highest BCUT2D eigenvalue weighted by Crippen LogP contribution is 2.29. The lowest BCUT2D eigenvalue weighted by molar-refractivity contribution is 0.631. The summed E-state index contributed by atoms with van der Waals surface area (Å²) in [4.78, 5) is 12.3. The average Bonchev–Trinajstić information content (AvgIpc) is 2.91. The number of aromatic amines is 1. The van der Waals surface area contributed by atoms with Crippen molar-refractivity contribution in [2.45, 2.75) is 25.3 Å². The highest BCUT2D eigenvalue weighted by atomic mass is 15.1. The van der Waals surface area contributed by atoms with Crippen molar-refractivity contribution in [1.82, 2.24) is 20.3 Å². The molecule has 1 aliphatic heterocycles. The number of aromatic nitrogens is 3. The van der Waals surface area contributed by atoms with Gasteiger partial charge in [-0.1, -0.05) is 24.6 Å². The van der Waals surface area contributed by atoms with Crippen molar-refractivity contribution >= 4 is 16.9 Å². The van der Waals surface area contributed by atoms with Gasteiger partial charge in [-0.2, -0.15) is 5.26 Å². The fraction of sp³-hybridized carbons (Fsp3) is 0.316. The van der Waals surface area contributed by atoms with E-state index in [0.717, 1.165) is 36.0 Å². The van der Waals surface area contributed by atoms with Crippen LogP contribution in [0.4, 0.5) is 5.95 Å². The van der Waals surface area contributed by atoms with Gasteiger partial charge in [0.05, 0.1) is 17.5 Å². The maximum absolute atomic E-state index is 9.47. The minimum Gasteiger partial charge on any atom is -0.360 e. The van der Waals surface area contributed by atoms with E-state index in [1.54, 1.807) is 6.20 Å². The summed E-state index contributed by atoms with van der Waals surface area (Å²) in [5.74, 6) is 0.577. The molecule has 0 unspecified atom stereocenters. The number of H-pyrrole nitrogens is 1. The molecule has 1 fully saturated rings. The van der Waals surface area contributed by atoms with Crippen LogP contribution in [0.2, 0.25) is 0 Å². The van der Waals surface area contributed by atoms with Crippen molar-refractivity contribution in [3.63, 3.8) is 0 Å². The van der Waals surface area contributed by atoms with Crippen molar-refractivity contribution < 1.29 is 0 Å². The number of rotatable bonds is 3. The summed E-state index contributed by atoms with van der Waals surface area (Å²) < 4.78 is 0. The lowest BCUT2D eigenvalue weighted by atomic mass is 10.1. The number of hydrogen-bond donors (Lipinski definition) is 3. The monoisotopic (exact) mass is 332 g/mol. The Morgan fingerprint density at radius 3 is 3.08 bits per heavy atom. The second-order valence-corrected chi connectivity index (χ2v) is 6.36. The Hall–Kier alpha value is -2.91. The van der Waals surface area contributed by atoms with E-state index in [0.29, 0.717) is 23.2 Å². The number of para-hydroxylation sites is 1. The third-order valence-corrected chi connectivity index (χ3v) is 4.63. The van der Waals surface area contributed by atoms with Crippen molar-refractivity contribution in [2.75, 3.05) is 18.4 Å². The van der Waals surface area contributed by atoms with Crippen LogP contribution in [0, 0.1) is 11.3 Å². The Labute approximate surface area is 146 Å². The van der Waals surface area contributed by atoms with Gasteiger partial charge in [0.1, 0.15) is 6.07 Å². The second-order valence-electron chi connectivity index (χ2n) is 6.36. The number of nitriles is 1. The van der Waals surface area contributed by atoms with Gasteiger partial charge in [-0.3, -0.25) is 0 Å². The van der Waals surface area contributed by atoms with Crippen LogP contribution in [0.25, 0.3) is 22.2 Å². The molecule has 0 bridgehead atoms. The first kappa shape index (κ1) is 15.6. The molecule has 126 valence electrons. The van der Waals surface area contributed by atoms with E-state index in [-0.39, 0.29) is 0 Å². The minimum absolute atomic E-state index is 0.311. The molecule has 3 heterocycles. The molecule has 25 heavy (non-hydrogen) atoms. The highest BCUT2D eigenvalue weighted by molar-refractivity contribution is 5.95. The Morgan fingerprint density at radius 2 is 2.16 bits per heavy atom. The van der Waals surface area contributed by atoms with Crippen LogP contribution in [0.5, 0.6) is 0 Å². The molecule has 1 aliphatic rings. The third-order valence-electron chi connectivity index (χ3n) is 4.63. The van der Waals surface area contributed by atoms with E-state index in [2.05, 4.69) is 31.7 Å². The van der Waals surface area contributed by atoms with Gasteiger partial charge in [0, 0.05) is 35.2 Å². The van der Waals surface area contributed by atoms with Crippen LogP contribution < -0.4 is 10.6 Å². The van der Waals surface area contributed by atoms with E-state index < -0.39 is 0 Å². The number of benzene rings is 1. The van der Waals surface area contributed by atoms with E-state index >= 15 is 0 Å². The molecule has 6 nitrogen and oxygen atoms in total. The topological polar surface area (TPSA) is 89.4 Å². The fourth-order valence-corrected chi connectivity index (χ4v) is 3.33. The predicted molar refractivity (Wildman–Crippen MR) is 98.2 cm³/mol. The van der Waals surface area contributed by atoms with Gasteiger partial charge in [-0.05, 0) is 25.5 Å². The molecule has 0 saturated carbocycles. The highest BCUT2D eigenvalue weighted by Gasteiger charge is 2.16. The predicted octanol–water partition coefficient (Wildman–Crippen LogP) is 3.05. The van der Waals surface area contributed by atoms with Gasteiger partial charge in [0.15, 0.2) is 0 Å². The van der Waals surface area contributed by atoms with Crippen LogP contribution in [-0.4, -0.2) is 34.1 Å². The van der Waals surface area contributed by atoms with Gasteiger partial charge < -0.3 is 15.6 Å². The first-order valence-electron chi connectivity index (χ1n) is 8.66. The zero-order chi connectivity index (χ0) is 17.1. The lowest BCUT2D eigenvalue weighted by Crippen LogP contribution is -2.31. The van der Waals surface area contributed by atoms with Crippen LogP contribution in [-0.2, 0) is 0 Å². The van der Waals surface area contributed by atoms with Crippen LogP contribution in [0.15, 0.2) is 36.7 Å². The molecule has 2 aromatic heterocycles. The molecule has 0 radical (unpaired) electrons. The smallest absolute Gasteiger partial charge is 0.223 e. The van der Waals surface area contributed by atoms with Crippen LogP contribution in [0.3, 0.4) is 0 Å². The molecule has 0 amide bonds. The van der Waals surface area contributed by atoms with E-state index in [1.165, 1.54) is 12.8 Å². The summed E-state index contributed by atoms with van der Waals surface area (Å²) in [7, 11) is 0. The molecule has 3 aromatic rings. The molecule has 6 heteroatoms. The Morgan fingerprint density at radius 1 is 1.24 bits per heavy atom. The summed E-state index contributed by atoms with van der Waals surface area (Å²) in [6, 6.07) is 10.5. The van der Waals surface area contributed by atoms with Crippen molar-refractivity contribution in [3.8, 4) is 17.3 Å². The van der Waals surface area contributed by atoms with Crippen LogP contribution >= 0.6 is 0 Å². The first-order valence-corrected chi connectivity index (χ1v) is 8.66. The minimum atomic E-state index is 0.311. The van der Waals surface area contributed by atoms with Gasteiger partial charge in [-0.25, -0.2) is 9.97 Å². The third kappa shape index (κ3) is 3.19. The summed E-state index contributed by atoms with van der Waals surface area (Å²) in [6.07, 6.45) is 7.00. The summed E-state index contributed by atoms with van der Waals surface area (Å²) in [5, 5.41) is 17.4. The lowest BCUT2D eigenvalue weighted by Gasteiger charge is -2.16. The Balaban J connectivity index is 1.70. The number of nitrogens with one attached hydrogen (secondary N) is 3. The summed E-state index contributed by atoms with van der Waals surface area (Å²) in [6.45, 7) is 1.97. The summed E-state index contributed by atoms with van der Waals surface area (Å²) in [5.41, 5.74) is 3.10. The maximum atomic E-state index is 9.47. The van der Waals surface area contributed by atoms with Gasteiger partial charge in [-0.15, -0.1) is 0 Å². The molecular formula is C19H20N6. The molecule has 0 aliphatic carbocycles. The first-order chi connectivity index (χ1) is 12.3. The van der Waals surface area contributed by atoms with E-state index in [1.807, 2.05) is 30.5 Å². The van der Waals surface area contributed by atoms with Crippen molar-refractivity contribution in [3.05, 3.63) is 42.2 Å². The molecule has 1 atom stereocenters. The zero-order valence-corrected chi connectivity index (χ0v) is 13.9. The van der Waals surface area contributed by atoms with E-state index in [9.17, 15) is 5.26 Å². The van der Waals surface area contributed by atoms with Crippen molar-refractivity contribution in [2.24, 2.45) is 0 Å². The van der Waals surface area contributed by atoms with Gasteiger partial charge >= 0.3 is 0 Å². The molecule has 1 saturated heterocycles. The SMILES string of the molecule is N#Cc1cnc(N[C@H]2CCCCNC2)nc1-c1c[nH]c2ccccc12. The van der Waals surface area contributed by atoms with Gasteiger partial charge in [0.25, 0.3) is 0 Å². The maximum Gasteiger partial charge on any atom is 0.223 e. The number of anilines is 1. The van der Waals surface area contributed by atoms with E-state index in [4.69, 9.17) is 0 Å². The number of fused-ring (bicyclic) bond motifs is 1. The van der Waals surface area contributed by atoms with Crippen LogP contribution in [0.1, 0.15) is 24.8 Å². The normalized spacial score (nSPS) is 17.8.